The van der Waals surface area contributed by atoms with E-state index in [1.807, 2.05) is 23.1 Å². The van der Waals surface area contributed by atoms with Crippen LogP contribution in [0.25, 0.3) is 0 Å². The molecule has 2 aliphatic heterocycles. The third kappa shape index (κ3) is 3.13. The summed E-state index contributed by atoms with van der Waals surface area (Å²) < 4.78 is 2.26. The molecule has 28 heavy (non-hydrogen) atoms. The maximum atomic E-state index is 13.5. The molecular formula is C23H27N3O2. The summed E-state index contributed by atoms with van der Waals surface area (Å²) in [5, 5.41) is 0. The van der Waals surface area contributed by atoms with Gasteiger partial charge in [0.25, 0.3) is 0 Å². The summed E-state index contributed by atoms with van der Waals surface area (Å²) in [6.07, 6.45) is 5.77. The lowest BCUT2D eigenvalue weighted by Gasteiger charge is -2.41. The zero-order chi connectivity index (χ0) is 19.1. The quantitative estimate of drug-likeness (QED) is 0.825. The normalized spacial score (nSPS) is 22.8. The van der Waals surface area contributed by atoms with Crippen LogP contribution >= 0.6 is 0 Å². The molecule has 0 N–H and O–H groups in total. The van der Waals surface area contributed by atoms with Crippen LogP contribution < -0.4 is 0 Å². The van der Waals surface area contributed by atoms with Crippen LogP contribution in [0.1, 0.15) is 43.0 Å². The zero-order valence-corrected chi connectivity index (χ0v) is 16.2. The van der Waals surface area contributed by atoms with Crippen molar-refractivity contribution in [3.63, 3.8) is 0 Å². The first-order chi connectivity index (χ1) is 13.7. The van der Waals surface area contributed by atoms with E-state index in [9.17, 15) is 9.59 Å². The number of amides is 2. The summed E-state index contributed by atoms with van der Waals surface area (Å²) in [7, 11) is 0. The second-order valence-electron chi connectivity index (χ2n) is 8.35. The van der Waals surface area contributed by atoms with E-state index >= 15 is 0 Å². The Morgan fingerprint density at radius 1 is 0.750 bits per heavy atom. The molecule has 3 aliphatic rings. The monoisotopic (exact) mass is 377 g/mol. The molecule has 5 nitrogen and oxygen atoms in total. The van der Waals surface area contributed by atoms with Crippen LogP contribution in [-0.4, -0.2) is 45.8 Å². The highest BCUT2D eigenvalue weighted by Gasteiger charge is 2.39. The molecule has 1 aliphatic carbocycles. The van der Waals surface area contributed by atoms with Gasteiger partial charge < -0.3 is 14.4 Å². The van der Waals surface area contributed by atoms with Crippen LogP contribution in [0.15, 0.2) is 48.7 Å². The third-order valence-electron chi connectivity index (χ3n) is 6.52. The predicted octanol–water partition coefficient (Wildman–Crippen LogP) is 3.07. The first kappa shape index (κ1) is 17.5. The van der Waals surface area contributed by atoms with Crippen molar-refractivity contribution in [2.45, 2.75) is 38.3 Å². The van der Waals surface area contributed by atoms with Gasteiger partial charge in [0.05, 0.1) is 6.04 Å². The van der Waals surface area contributed by atoms with Crippen LogP contribution in [0.2, 0.25) is 0 Å². The minimum atomic E-state index is -0.0245. The number of aromatic nitrogens is 1. The Balaban J connectivity index is 1.34. The summed E-state index contributed by atoms with van der Waals surface area (Å²) in [5.74, 6) is 0.851. The van der Waals surface area contributed by atoms with E-state index in [1.165, 1.54) is 5.69 Å². The molecule has 5 rings (SSSR count). The lowest BCUT2D eigenvalue weighted by molar-refractivity contribution is -0.143. The number of fused-ring (bicyclic) bond motifs is 1. The highest BCUT2D eigenvalue weighted by Crippen LogP contribution is 2.36. The molecule has 0 spiro atoms. The fourth-order valence-corrected chi connectivity index (χ4v) is 4.78. The topological polar surface area (TPSA) is 45.6 Å². The van der Waals surface area contributed by atoms with Crippen molar-refractivity contribution >= 4 is 11.8 Å². The number of piperidine rings is 1. The average Bonchev–Trinajstić information content (AvgIpc) is 3.49. The number of carbonyl (C=O) groups excluding carboxylic acids is 2. The van der Waals surface area contributed by atoms with Gasteiger partial charge in [-0.15, -0.1) is 0 Å². The third-order valence-corrected chi connectivity index (χ3v) is 6.52. The van der Waals surface area contributed by atoms with E-state index in [0.29, 0.717) is 5.91 Å². The Kier molecular flexibility index (Phi) is 4.46. The smallest absolute Gasteiger partial charge is 0.226 e. The van der Waals surface area contributed by atoms with E-state index in [0.717, 1.165) is 57.4 Å². The molecule has 1 aromatic heterocycles. The summed E-state index contributed by atoms with van der Waals surface area (Å²) >= 11 is 0. The van der Waals surface area contributed by atoms with Crippen molar-refractivity contribution in [3.8, 4) is 0 Å². The van der Waals surface area contributed by atoms with Crippen LogP contribution in [-0.2, 0) is 16.1 Å². The van der Waals surface area contributed by atoms with Crippen molar-refractivity contribution in [2.24, 2.45) is 11.8 Å². The van der Waals surface area contributed by atoms with Gasteiger partial charge in [-0.2, -0.15) is 0 Å². The molecule has 1 saturated carbocycles. The molecule has 1 atom stereocenters. The van der Waals surface area contributed by atoms with E-state index in [2.05, 4.69) is 39.9 Å². The number of benzene rings is 1. The minimum Gasteiger partial charge on any atom is -0.348 e. The fraction of sp³-hybridized carbons (Fsp3) is 0.478. The van der Waals surface area contributed by atoms with Gasteiger partial charge in [-0.1, -0.05) is 30.3 Å². The number of hydrogen-bond donors (Lipinski definition) is 0. The Labute approximate surface area is 165 Å². The van der Waals surface area contributed by atoms with Gasteiger partial charge in [-0.3, -0.25) is 9.59 Å². The largest absolute Gasteiger partial charge is 0.348 e. The minimum absolute atomic E-state index is 0.0241. The van der Waals surface area contributed by atoms with Crippen LogP contribution in [0.3, 0.4) is 0 Å². The molecule has 2 fully saturated rings. The fourth-order valence-electron chi connectivity index (χ4n) is 4.78. The standard InChI is InChI=1S/C23H27N3O2/c27-22(18-8-9-18)25-13-10-19(11-14-25)23(28)26-16-15-24-12-4-7-20(24)21(26)17-5-2-1-3-6-17/h1-7,12,18-19,21H,8-11,13-16H2. The molecule has 3 heterocycles. The Morgan fingerprint density at radius 3 is 2.18 bits per heavy atom. The van der Waals surface area contributed by atoms with Gasteiger partial charge in [0.15, 0.2) is 0 Å². The lowest BCUT2D eigenvalue weighted by atomic mass is 9.92. The predicted molar refractivity (Wildman–Crippen MR) is 106 cm³/mol. The molecule has 0 bridgehead atoms. The summed E-state index contributed by atoms with van der Waals surface area (Å²) in [6, 6.07) is 14.5. The highest BCUT2D eigenvalue weighted by atomic mass is 16.2. The first-order valence-corrected chi connectivity index (χ1v) is 10.5. The molecule has 5 heteroatoms. The van der Waals surface area contributed by atoms with Crippen molar-refractivity contribution in [2.75, 3.05) is 19.6 Å². The molecule has 146 valence electrons. The summed E-state index contributed by atoms with van der Waals surface area (Å²) in [6.45, 7) is 3.04. The maximum absolute atomic E-state index is 13.5. The summed E-state index contributed by atoms with van der Waals surface area (Å²) in [4.78, 5) is 29.9. The number of nitrogens with zero attached hydrogens (tertiary/aromatic N) is 3. The van der Waals surface area contributed by atoms with Crippen molar-refractivity contribution in [1.29, 1.82) is 0 Å². The van der Waals surface area contributed by atoms with Crippen LogP contribution in [0, 0.1) is 11.8 Å². The molecule has 2 aromatic rings. The second kappa shape index (κ2) is 7.12. The summed E-state index contributed by atoms with van der Waals surface area (Å²) in [5.41, 5.74) is 2.35. The zero-order valence-electron chi connectivity index (χ0n) is 16.2. The average molecular weight is 377 g/mol. The van der Waals surface area contributed by atoms with Gasteiger partial charge in [-0.25, -0.2) is 0 Å². The number of hydrogen-bond acceptors (Lipinski definition) is 2. The van der Waals surface area contributed by atoms with Gasteiger partial charge in [0, 0.05) is 49.9 Å². The lowest BCUT2D eigenvalue weighted by Crippen LogP contribution is -2.48. The van der Waals surface area contributed by atoms with Crippen molar-refractivity contribution in [3.05, 3.63) is 59.9 Å². The molecule has 1 unspecified atom stereocenters. The Hall–Kier alpha value is -2.56. The molecule has 1 saturated heterocycles. The number of likely N-dealkylation sites (tertiary alicyclic amines) is 1. The highest BCUT2D eigenvalue weighted by molar-refractivity contribution is 5.83. The van der Waals surface area contributed by atoms with E-state index < -0.39 is 0 Å². The Morgan fingerprint density at radius 2 is 1.46 bits per heavy atom. The number of rotatable bonds is 3. The SMILES string of the molecule is O=C(C1CC1)N1CCC(C(=O)N2CCn3cccc3C2c2ccccc2)CC1. The molecule has 0 radical (unpaired) electrons. The molecule has 2 amide bonds. The second-order valence-corrected chi connectivity index (χ2v) is 8.35. The Bertz CT molecular complexity index is 863. The van der Waals surface area contributed by atoms with Gasteiger partial charge in [0.2, 0.25) is 11.8 Å². The van der Waals surface area contributed by atoms with E-state index in [-0.39, 0.29) is 23.8 Å². The van der Waals surface area contributed by atoms with Gasteiger partial charge in [0.1, 0.15) is 0 Å². The van der Waals surface area contributed by atoms with Gasteiger partial charge in [-0.05, 0) is 43.4 Å². The van der Waals surface area contributed by atoms with Crippen molar-refractivity contribution in [1.82, 2.24) is 14.4 Å². The molecule has 1 aromatic carbocycles. The molecular weight excluding hydrogens is 350 g/mol. The number of carbonyl (C=O) groups is 2. The van der Waals surface area contributed by atoms with E-state index in [1.54, 1.807) is 0 Å². The van der Waals surface area contributed by atoms with Crippen LogP contribution in [0.5, 0.6) is 0 Å². The van der Waals surface area contributed by atoms with Gasteiger partial charge >= 0.3 is 0 Å². The van der Waals surface area contributed by atoms with Crippen LogP contribution in [0.4, 0.5) is 0 Å². The maximum Gasteiger partial charge on any atom is 0.226 e. The van der Waals surface area contributed by atoms with E-state index in [4.69, 9.17) is 0 Å². The first-order valence-electron chi connectivity index (χ1n) is 10.5. The van der Waals surface area contributed by atoms with Crippen molar-refractivity contribution < 1.29 is 9.59 Å².